The Morgan fingerprint density at radius 2 is 2.00 bits per heavy atom. The first-order valence-corrected chi connectivity index (χ1v) is 6.16. The maximum absolute atomic E-state index is 6.21. The van der Waals surface area contributed by atoms with Crippen molar-refractivity contribution in [1.82, 2.24) is 4.98 Å². The maximum Gasteiger partial charge on any atom is 0.130 e. The second kappa shape index (κ2) is 5.27. The van der Waals surface area contributed by atoms with Crippen LogP contribution >= 0.6 is 11.6 Å². The van der Waals surface area contributed by atoms with Crippen molar-refractivity contribution >= 4 is 23.1 Å². The summed E-state index contributed by atoms with van der Waals surface area (Å²) in [6.07, 6.45) is 1.71. The minimum atomic E-state index is 0.132. The normalized spacial score (nSPS) is 12.2. The van der Waals surface area contributed by atoms with E-state index in [-0.39, 0.29) is 6.04 Å². The molecule has 0 bridgehead atoms. The average Bonchev–Trinajstić information content (AvgIpc) is 2.37. The van der Waals surface area contributed by atoms with Crippen molar-refractivity contribution < 1.29 is 0 Å². The van der Waals surface area contributed by atoms with Gasteiger partial charge in [0.25, 0.3) is 0 Å². The number of halogens is 1. The molecule has 2 aromatic rings. The molecule has 0 aliphatic carbocycles. The molecule has 0 fully saturated rings. The SMILES string of the molecule is CC(c1ccccc1Cl)N(C)c1cc(N)ccn1. The third kappa shape index (κ3) is 2.57. The molecule has 0 saturated carbocycles. The molecular formula is C14H16ClN3. The molecule has 1 atom stereocenters. The highest BCUT2D eigenvalue weighted by Crippen LogP contribution is 2.29. The van der Waals surface area contributed by atoms with E-state index in [0.717, 1.165) is 16.4 Å². The summed E-state index contributed by atoms with van der Waals surface area (Å²) < 4.78 is 0. The van der Waals surface area contributed by atoms with Gasteiger partial charge in [0.2, 0.25) is 0 Å². The lowest BCUT2D eigenvalue weighted by atomic mass is 10.1. The van der Waals surface area contributed by atoms with Gasteiger partial charge in [-0.1, -0.05) is 29.8 Å². The Labute approximate surface area is 112 Å². The van der Waals surface area contributed by atoms with Gasteiger partial charge in [0.05, 0.1) is 6.04 Å². The van der Waals surface area contributed by atoms with Crippen LogP contribution in [0.3, 0.4) is 0 Å². The van der Waals surface area contributed by atoms with Crippen molar-refractivity contribution in [2.45, 2.75) is 13.0 Å². The lowest BCUT2D eigenvalue weighted by Crippen LogP contribution is -2.22. The molecule has 1 aromatic heterocycles. The van der Waals surface area contributed by atoms with E-state index in [1.165, 1.54) is 0 Å². The molecule has 18 heavy (non-hydrogen) atoms. The van der Waals surface area contributed by atoms with E-state index in [0.29, 0.717) is 5.69 Å². The molecule has 1 unspecified atom stereocenters. The maximum atomic E-state index is 6.21. The molecule has 0 radical (unpaired) electrons. The predicted molar refractivity (Wildman–Crippen MR) is 76.9 cm³/mol. The number of nitrogen functional groups attached to an aromatic ring is 1. The van der Waals surface area contributed by atoms with Gasteiger partial charge in [-0.25, -0.2) is 4.98 Å². The minimum absolute atomic E-state index is 0.132. The van der Waals surface area contributed by atoms with Crippen LogP contribution in [0.4, 0.5) is 11.5 Å². The van der Waals surface area contributed by atoms with Crippen molar-refractivity contribution in [3.63, 3.8) is 0 Å². The topological polar surface area (TPSA) is 42.1 Å². The number of aromatic nitrogens is 1. The Bertz CT molecular complexity index is 542. The van der Waals surface area contributed by atoms with Gasteiger partial charge in [0, 0.05) is 30.0 Å². The summed E-state index contributed by atoms with van der Waals surface area (Å²) in [5.41, 5.74) is 7.55. The van der Waals surface area contributed by atoms with Crippen molar-refractivity contribution in [3.8, 4) is 0 Å². The van der Waals surface area contributed by atoms with Gasteiger partial charge in [0.15, 0.2) is 0 Å². The second-order valence-electron chi connectivity index (χ2n) is 4.26. The van der Waals surface area contributed by atoms with E-state index in [1.54, 1.807) is 12.3 Å². The van der Waals surface area contributed by atoms with E-state index in [1.807, 2.05) is 37.4 Å². The summed E-state index contributed by atoms with van der Waals surface area (Å²) in [4.78, 5) is 6.37. The van der Waals surface area contributed by atoms with E-state index in [4.69, 9.17) is 17.3 Å². The van der Waals surface area contributed by atoms with Gasteiger partial charge in [-0.15, -0.1) is 0 Å². The molecule has 0 spiro atoms. The van der Waals surface area contributed by atoms with Crippen LogP contribution in [0, 0.1) is 0 Å². The summed E-state index contributed by atoms with van der Waals surface area (Å²) in [6, 6.07) is 11.6. The van der Waals surface area contributed by atoms with Crippen LogP contribution in [0.2, 0.25) is 5.02 Å². The van der Waals surface area contributed by atoms with Gasteiger partial charge in [-0.3, -0.25) is 0 Å². The molecule has 0 aliphatic rings. The number of nitrogens with two attached hydrogens (primary N) is 1. The van der Waals surface area contributed by atoms with Crippen LogP contribution in [-0.4, -0.2) is 12.0 Å². The van der Waals surface area contributed by atoms with Crippen molar-refractivity contribution in [3.05, 3.63) is 53.2 Å². The summed E-state index contributed by atoms with van der Waals surface area (Å²) in [6.45, 7) is 2.09. The minimum Gasteiger partial charge on any atom is -0.399 e. The van der Waals surface area contributed by atoms with Gasteiger partial charge >= 0.3 is 0 Å². The fourth-order valence-corrected chi connectivity index (χ4v) is 2.14. The van der Waals surface area contributed by atoms with Crippen LogP contribution in [0.1, 0.15) is 18.5 Å². The zero-order valence-corrected chi connectivity index (χ0v) is 11.2. The Morgan fingerprint density at radius 1 is 1.28 bits per heavy atom. The molecular weight excluding hydrogens is 246 g/mol. The lowest BCUT2D eigenvalue weighted by Gasteiger charge is -2.27. The number of rotatable bonds is 3. The molecule has 4 heteroatoms. The van der Waals surface area contributed by atoms with Crippen molar-refractivity contribution in [2.24, 2.45) is 0 Å². The summed E-state index contributed by atoms with van der Waals surface area (Å²) in [5.74, 6) is 0.836. The quantitative estimate of drug-likeness (QED) is 0.919. The number of nitrogens with zero attached hydrogens (tertiary/aromatic N) is 2. The number of benzene rings is 1. The fraction of sp³-hybridized carbons (Fsp3) is 0.214. The summed E-state index contributed by atoms with van der Waals surface area (Å²) >= 11 is 6.21. The molecule has 94 valence electrons. The molecule has 2 rings (SSSR count). The Morgan fingerprint density at radius 3 is 2.67 bits per heavy atom. The number of hydrogen-bond acceptors (Lipinski definition) is 3. The van der Waals surface area contributed by atoms with Crippen LogP contribution in [0.5, 0.6) is 0 Å². The molecule has 0 saturated heterocycles. The lowest BCUT2D eigenvalue weighted by molar-refractivity contribution is 0.729. The monoisotopic (exact) mass is 261 g/mol. The van der Waals surface area contributed by atoms with Gasteiger partial charge in [-0.2, -0.15) is 0 Å². The fourth-order valence-electron chi connectivity index (χ4n) is 1.85. The third-order valence-electron chi connectivity index (χ3n) is 3.07. The van der Waals surface area contributed by atoms with E-state index in [2.05, 4.69) is 16.8 Å². The van der Waals surface area contributed by atoms with Gasteiger partial charge in [-0.05, 0) is 24.6 Å². The number of pyridine rings is 1. The Kier molecular flexibility index (Phi) is 3.72. The van der Waals surface area contributed by atoms with E-state index < -0.39 is 0 Å². The molecule has 0 aliphatic heterocycles. The number of hydrogen-bond donors (Lipinski definition) is 1. The molecule has 0 amide bonds. The van der Waals surface area contributed by atoms with Crippen LogP contribution in [0.15, 0.2) is 42.6 Å². The van der Waals surface area contributed by atoms with Crippen LogP contribution in [0.25, 0.3) is 0 Å². The van der Waals surface area contributed by atoms with E-state index in [9.17, 15) is 0 Å². The molecule has 2 N–H and O–H groups in total. The van der Waals surface area contributed by atoms with E-state index >= 15 is 0 Å². The average molecular weight is 262 g/mol. The standard InChI is InChI=1S/C14H16ClN3/c1-10(12-5-3-4-6-13(12)15)18(2)14-9-11(16)7-8-17-14/h3-10H,1-2H3,(H2,16,17). The highest BCUT2D eigenvalue weighted by Gasteiger charge is 2.15. The number of anilines is 2. The Balaban J connectivity index is 2.29. The smallest absolute Gasteiger partial charge is 0.130 e. The largest absolute Gasteiger partial charge is 0.399 e. The van der Waals surface area contributed by atoms with Gasteiger partial charge < -0.3 is 10.6 Å². The van der Waals surface area contributed by atoms with Crippen LogP contribution < -0.4 is 10.6 Å². The first kappa shape index (κ1) is 12.7. The van der Waals surface area contributed by atoms with Crippen molar-refractivity contribution in [1.29, 1.82) is 0 Å². The zero-order valence-electron chi connectivity index (χ0n) is 10.5. The Hall–Kier alpha value is -1.74. The molecule has 3 nitrogen and oxygen atoms in total. The van der Waals surface area contributed by atoms with Crippen LogP contribution in [-0.2, 0) is 0 Å². The predicted octanol–water partition coefficient (Wildman–Crippen LogP) is 3.51. The highest BCUT2D eigenvalue weighted by molar-refractivity contribution is 6.31. The summed E-state index contributed by atoms with van der Waals surface area (Å²) in [5, 5.41) is 0.765. The first-order valence-electron chi connectivity index (χ1n) is 5.78. The summed E-state index contributed by atoms with van der Waals surface area (Å²) in [7, 11) is 1.98. The molecule has 1 heterocycles. The first-order chi connectivity index (χ1) is 8.59. The second-order valence-corrected chi connectivity index (χ2v) is 4.66. The molecule has 1 aromatic carbocycles. The third-order valence-corrected chi connectivity index (χ3v) is 3.41. The highest BCUT2D eigenvalue weighted by atomic mass is 35.5. The van der Waals surface area contributed by atoms with Gasteiger partial charge in [0.1, 0.15) is 5.82 Å². The van der Waals surface area contributed by atoms with Crippen molar-refractivity contribution in [2.75, 3.05) is 17.7 Å². The zero-order chi connectivity index (χ0) is 13.1.